The highest BCUT2D eigenvalue weighted by Crippen LogP contribution is 2.29. The van der Waals surface area contributed by atoms with Crippen molar-refractivity contribution in [1.29, 1.82) is 0 Å². The van der Waals surface area contributed by atoms with Gasteiger partial charge in [-0.2, -0.15) is 0 Å². The largest absolute Gasteiger partial charge is 0.744 e. The van der Waals surface area contributed by atoms with E-state index in [1.807, 2.05) is 28.7 Å². The molecule has 0 aliphatic carbocycles. The highest BCUT2D eigenvalue weighted by molar-refractivity contribution is 14.1. The Morgan fingerprint density at radius 2 is 1.50 bits per heavy atom. The van der Waals surface area contributed by atoms with Crippen LogP contribution >= 0.6 is 113 Å². The summed E-state index contributed by atoms with van der Waals surface area (Å²) in [6.45, 7) is -0.619. The second-order valence-corrected chi connectivity index (χ2v) is 12.1. The molecule has 13 heteroatoms. The van der Waals surface area contributed by atoms with E-state index in [0.29, 0.717) is 5.56 Å². The molecule has 0 aliphatic rings. The van der Waals surface area contributed by atoms with Crippen LogP contribution in [-0.4, -0.2) is 31.5 Å². The molecule has 2 rings (SSSR count). The molecule has 0 aromatic heterocycles. The Morgan fingerprint density at radius 3 is 2.04 bits per heavy atom. The van der Waals surface area contributed by atoms with Crippen LogP contribution in [0.1, 0.15) is 10.4 Å². The third-order valence-electron chi connectivity index (χ3n) is 2.99. The smallest absolute Gasteiger partial charge is 0.349 e. The van der Waals surface area contributed by atoms with Crippen molar-refractivity contribution in [3.63, 3.8) is 0 Å². The summed E-state index contributed by atoms with van der Waals surface area (Å²) in [5.41, 5.74) is 0.346. The van der Waals surface area contributed by atoms with E-state index in [4.69, 9.17) is 9.47 Å². The van der Waals surface area contributed by atoms with E-state index in [2.05, 4.69) is 45.2 Å². The van der Waals surface area contributed by atoms with Crippen molar-refractivity contribution >= 4 is 135 Å². The van der Waals surface area contributed by atoms with Crippen LogP contribution < -0.4 is 4.74 Å². The molecule has 0 atom stereocenters. The SMILES string of the molecule is O=C(COC(=O)c1cc(I)cc(I)c1I)Oc1cc(I)c(S(=O)(=O)[O-])c(I)c1. The minimum Gasteiger partial charge on any atom is -0.744 e. The fourth-order valence-corrected chi connectivity index (χ4v) is 8.20. The van der Waals surface area contributed by atoms with E-state index in [1.165, 1.54) is 12.1 Å². The van der Waals surface area contributed by atoms with Crippen LogP contribution in [0.5, 0.6) is 5.75 Å². The van der Waals surface area contributed by atoms with E-state index in [9.17, 15) is 22.6 Å². The Kier molecular flexibility index (Phi) is 9.45. The Bertz CT molecular complexity index is 1050. The molecule has 7 nitrogen and oxygen atoms in total. The van der Waals surface area contributed by atoms with Gasteiger partial charge in [0.1, 0.15) is 15.9 Å². The molecule has 150 valence electrons. The first-order valence-electron chi connectivity index (χ1n) is 6.87. The molecule has 2 aromatic rings. The van der Waals surface area contributed by atoms with Crippen LogP contribution in [0, 0.1) is 17.9 Å². The number of ether oxygens (including phenoxy) is 2. The van der Waals surface area contributed by atoms with Gasteiger partial charge in [-0.3, -0.25) is 0 Å². The Morgan fingerprint density at radius 1 is 0.929 bits per heavy atom. The summed E-state index contributed by atoms with van der Waals surface area (Å²) < 4.78 is 46.6. The van der Waals surface area contributed by atoms with Crippen LogP contribution in [0.25, 0.3) is 0 Å². The second kappa shape index (κ2) is 10.5. The van der Waals surface area contributed by atoms with Gasteiger partial charge in [0, 0.05) is 17.9 Å². The topological polar surface area (TPSA) is 110 Å². The van der Waals surface area contributed by atoms with Gasteiger partial charge in [-0.25, -0.2) is 18.0 Å². The number of carbonyl (C=O) groups excluding carboxylic acids is 2. The highest BCUT2D eigenvalue weighted by Gasteiger charge is 2.19. The number of benzene rings is 2. The molecule has 0 saturated heterocycles. The summed E-state index contributed by atoms with van der Waals surface area (Å²) in [5, 5.41) is 0. The summed E-state index contributed by atoms with van der Waals surface area (Å²) in [7, 11) is -4.65. The van der Waals surface area contributed by atoms with Gasteiger partial charge in [0.15, 0.2) is 6.61 Å². The molecular weight excluding hydrogens is 959 g/mol. The quantitative estimate of drug-likeness (QED) is 0.144. The van der Waals surface area contributed by atoms with Gasteiger partial charge in [-0.1, -0.05) is 0 Å². The van der Waals surface area contributed by atoms with Crippen molar-refractivity contribution in [2.24, 2.45) is 0 Å². The van der Waals surface area contributed by atoms with Crippen LogP contribution in [-0.2, 0) is 19.6 Å². The van der Waals surface area contributed by atoms with Crippen molar-refractivity contribution in [2.75, 3.05) is 6.61 Å². The van der Waals surface area contributed by atoms with Crippen LogP contribution in [0.2, 0.25) is 0 Å². The third kappa shape index (κ3) is 6.72. The third-order valence-corrected chi connectivity index (χ3v) is 10.0. The number of hydrogen-bond donors (Lipinski definition) is 0. The first kappa shape index (κ1) is 25.2. The number of hydrogen-bond acceptors (Lipinski definition) is 7. The van der Waals surface area contributed by atoms with Gasteiger partial charge in [-0.15, -0.1) is 0 Å². The highest BCUT2D eigenvalue weighted by atomic mass is 127. The second-order valence-electron chi connectivity index (χ2n) is 4.97. The lowest BCUT2D eigenvalue weighted by Crippen LogP contribution is -2.20. The van der Waals surface area contributed by atoms with Gasteiger partial charge in [0.25, 0.3) is 0 Å². The molecule has 0 N–H and O–H groups in total. The molecule has 0 radical (unpaired) electrons. The van der Waals surface area contributed by atoms with Crippen molar-refractivity contribution in [3.05, 3.63) is 47.7 Å². The molecule has 0 saturated carbocycles. The Hall–Kier alpha value is 0.940. The van der Waals surface area contributed by atoms with E-state index in [1.54, 1.807) is 51.2 Å². The van der Waals surface area contributed by atoms with E-state index >= 15 is 0 Å². The summed E-state index contributed by atoms with van der Waals surface area (Å²) in [6.07, 6.45) is 0. The minimum atomic E-state index is -4.65. The molecule has 0 bridgehead atoms. The van der Waals surface area contributed by atoms with E-state index in [-0.39, 0.29) is 17.8 Å². The zero-order valence-corrected chi connectivity index (χ0v) is 24.8. The zero-order chi connectivity index (χ0) is 21.2. The molecule has 0 aliphatic heterocycles. The van der Waals surface area contributed by atoms with Crippen LogP contribution in [0.4, 0.5) is 0 Å². The fourth-order valence-electron chi connectivity index (χ4n) is 1.90. The molecule has 2 aromatic carbocycles. The maximum absolute atomic E-state index is 12.2. The first-order valence-corrected chi connectivity index (χ1v) is 13.7. The van der Waals surface area contributed by atoms with Gasteiger partial charge >= 0.3 is 11.9 Å². The predicted octanol–water partition coefficient (Wildman–Crippen LogP) is 4.38. The van der Waals surface area contributed by atoms with E-state index < -0.39 is 28.7 Å². The lowest BCUT2D eigenvalue weighted by atomic mass is 10.2. The Balaban J connectivity index is 2.08. The van der Waals surface area contributed by atoms with E-state index in [0.717, 1.165) is 10.7 Å². The van der Waals surface area contributed by atoms with Gasteiger partial charge in [0.05, 0.1) is 10.5 Å². The van der Waals surface area contributed by atoms with Crippen LogP contribution in [0.3, 0.4) is 0 Å². The number of halogens is 5. The zero-order valence-electron chi connectivity index (χ0n) is 13.2. The summed E-state index contributed by atoms with van der Waals surface area (Å²) >= 11 is 9.54. The molecule has 0 fully saturated rings. The standard InChI is InChI=1S/C15H7I5O7S/c16-6-1-8(13(20)9(17)2-6)15(22)26-5-12(21)27-7-3-10(18)14(11(19)4-7)28(23,24)25/h1-4H,5H2,(H,23,24,25)/p-1. The lowest BCUT2D eigenvalue weighted by molar-refractivity contribution is -0.137. The minimum absolute atomic E-state index is 0.0423. The van der Waals surface area contributed by atoms with Crippen LogP contribution in [0.15, 0.2) is 29.2 Å². The lowest BCUT2D eigenvalue weighted by Gasteiger charge is -2.13. The van der Waals surface area contributed by atoms with Crippen molar-refractivity contribution in [2.45, 2.75) is 4.90 Å². The van der Waals surface area contributed by atoms with Gasteiger partial charge in [-0.05, 0) is 137 Å². The molecule has 0 unspecified atom stereocenters. The summed E-state index contributed by atoms with van der Waals surface area (Å²) in [5.74, 6) is -1.46. The number of esters is 2. The van der Waals surface area contributed by atoms with Gasteiger partial charge in [0.2, 0.25) is 0 Å². The number of rotatable bonds is 5. The molecule has 0 spiro atoms. The molecular formula is C15H6I5O7S-. The monoisotopic (exact) mass is 965 g/mol. The molecule has 0 heterocycles. The van der Waals surface area contributed by atoms with Gasteiger partial charge < -0.3 is 14.0 Å². The normalized spacial score (nSPS) is 11.2. The Labute approximate surface area is 228 Å². The molecule has 0 amide bonds. The molecule has 28 heavy (non-hydrogen) atoms. The number of carbonyl (C=O) groups is 2. The summed E-state index contributed by atoms with van der Waals surface area (Å²) in [6, 6.07) is 6.06. The van der Waals surface area contributed by atoms with Crippen molar-refractivity contribution in [1.82, 2.24) is 0 Å². The predicted molar refractivity (Wildman–Crippen MR) is 140 cm³/mol. The average molecular weight is 965 g/mol. The van der Waals surface area contributed by atoms with Crippen molar-refractivity contribution < 1.29 is 32.0 Å². The maximum Gasteiger partial charge on any atom is 0.349 e. The average Bonchev–Trinajstić information content (AvgIpc) is 2.53. The summed E-state index contributed by atoms with van der Waals surface area (Å²) in [4.78, 5) is 23.9. The maximum atomic E-state index is 12.2. The van der Waals surface area contributed by atoms with Crippen molar-refractivity contribution in [3.8, 4) is 5.75 Å². The first-order chi connectivity index (χ1) is 12.9. The fraction of sp³-hybridized carbons (Fsp3) is 0.0667.